The predicted octanol–water partition coefficient (Wildman–Crippen LogP) is -1.24. The minimum Gasteiger partial charge on any atom is -0.370 e. The van der Waals surface area contributed by atoms with Crippen molar-refractivity contribution in [3.05, 3.63) is 0 Å². The molecule has 0 aliphatic heterocycles. The second kappa shape index (κ2) is 4.20. The molecule has 48 valence electrons. The third-order valence-corrected chi connectivity index (χ3v) is 0.239. The molecule has 0 saturated heterocycles. The first-order chi connectivity index (χ1) is 3.13. The zero-order valence-corrected chi connectivity index (χ0v) is 4.81. The molecule has 2 amide bonds. The number of nitrogens with zero attached hydrogens (tertiary/aromatic N) is 1. The van der Waals surface area contributed by atoms with E-state index in [4.69, 9.17) is 11.5 Å². The Bertz CT molecular complexity index is 107. The first-order valence-electron chi connectivity index (χ1n) is 1.52. The molecule has 0 rings (SSSR count). The van der Waals surface area contributed by atoms with Crippen LogP contribution in [0.5, 0.6) is 0 Å². The van der Waals surface area contributed by atoms with Gasteiger partial charge in [-0.2, -0.15) is 4.99 Å². The van der Waals surface area contributed by atoms with Crippen LogP contribution in [-0.4, -0.2) is 12.0 Å². The highest BCUT2D eigenvalue weighted by Gasteiger charge is 1.83. The zero-order chi connectivity index (χ0) is 5.86. The Kier molecular flexibility index (Phi) is 5.30. The third-order valence-electron chi connectivity index (χ3n) is 0.239. The normalized spacial score (nSPS) is 6.50. The molecule has 0 aromatic rings. The topological polar surface area (TPSA) is 107 Å². The van der Waals surface area contributed by atoms with Crippen molar-refractivity contribution >= 4 is 24.4 Å². The van der Waals surface area contributed by atoms with Crippen LogP contribution in [0, 0.1) is 0 Å². The van der Waals surface area contributed by atoms with E-state index in [0.29, 0.717) is 0 Å². The fourth-order valence-corrected chi connectivity index (χ4v) is 0.127. The zero-order valence-electron chi connectivity index (χ0n) is 4.00. The summed E-state index contributed by atoms with van der Waals surface area (Å²) in [4.78, 5) is 12.6. The number of carbonyl (C=O) groups excluding carboxylic acids is 1. The van der Waals surface area contributed by atoms with Crippen molar-refractivity contribution < 1.29 is 4.79 Å². The van der Waals surface area contributed by atoms with E-state index in [0.717, 1.165) is 0 Å². The molecule has 0 saturated carbocycles. The molecule has 0 fully saturated rings. The van der Waals surface area contributed by atoms with Crippen LogP contribution in [-0.2, 0) is 0 Å². The van der Waals surface area contributed by atoms with Gasteiger partial charge in [-0.25, -0.2) is 4.79 Å². The highest BCUT2D eigenvalue weighted by Crippen LogP contribution is 1.60. The van der Waals surface area contributed by atoms with Gasteiger partial charge in [-0.1, -0.05) is 0 Å². The van der Waals surface area contributed by atoms with Gasteiger partial charge in [-0.3, -0.25) is 0 Å². The van der Waals surface area contributed by atoms with E-state index in [1.807, 2.05) is 0 Å². The standard InChI is InChI=1S/C2H6N4O.ClH/c3-1(4)6-2(5)7;/h(H6,3,4,5,6,7);1H/i3+1,4+1,5+1,6+1;. The number of urea groups is 1. The minimum atomic E-state index is -0.875. The molecule has 6 N–H and O–H groups in total. The summed E-state index contributed by atoms with van der Waals surface area (Å²) < 4.78 is 0. The van der Waals surface area contributed by atoms with E-state index in [9.17, 15) is 4.79 Å². The fourth-order valence-electron chi connectivity index (χ4n) is 0.127. The number of carbonyl (C=O) groups is 1. The lowest BCUT2D eigenvalue weighted by atomic mass is 11.2. The Morgan fingerprint density at radius 1 is 1.25 bits per heavy atom. The first-order valence-corrected chi connectivity index (χ1v) is 1.52. The van der Waals surface area contributed by atoms with Crippen LogP contribution in [0.3, 0.4) is 0 Å². The summed E-state index contributed by atoms with van der Waals surface area (Å²) >= 11 is 0. The number of hydrogen-bond acceptors (Lipinski definition) is 1. The molecule has 0 bridgehead atoms. The lowest BCUT2D eigenvalue weighted by Gasteiger charge is -1.82. The lowest BCUT2D eigenvalue weighted by Crippen LogP contribution is -2.25. The average Bonchev–Trinajstić information content (AvgIpc) is 1.27. The van der Waals surface area contributed by atoms with Gasteiger partial charge in [-0.15, -0.1) is 12.4 Å². The van der Waals surface area contributed by atoms with Crippen LogP contribution in [0.25, 0.3) is 0 Å². The maximum Gasteiger partial charge on any atom is 0.341 e. The SMILES string of the molecule is Cl.[15NH2]C(=O)[15N]=C([15NH2])[15NH2]. The fraction of sp³-hybridized carbons (Fsp3) is 0. The van der Waals surface area contributed by atoms with Crippen LogP contribution >= 0.6 is 12.4 Å². The molecule has 0 radical (unpaired) electrons. The summed E-state index contributed by atoms with van der Waals surface area (Å²) in [5.74, 6) is -0.312. The summed E-state index contributed by atoms with van der Waals surface area (Å²) in [7, 11) is 0. The van der Waals surface area contributed by atoms with Crippen molar-refractivity contribution in [2.75, 3.05) is 0 Å². The van der Waals surface area contributed by atoms with Gasteiger partial charge >= 0.3 is 6.03 Å². The molecule has 6 heteroatoms. The smallest absolute Gasteiger partial charge is 0.341 e. The van der Waals surface area contributed by atoms with E-state index in [1.165, 1.54) is 0 Å². The quantitative estimate of drug-likeness (QED) is 0.224. The summed E-state index contributed by atoms with van der Waals surface area (Å²) in [6.07, 6.45) is 0. The molecule has 0 aliphatic rings. The Morgan fingerprint density at radius 3 is 1.62 bits per heavy atom. The number of halogens is 1. The van der Waals surface area contributed by atoms with E-state index in [-0.39, 0.29) is 18.4 Å². The molecule has 0 spiro atoms. The van der Waals surface area contributed by atoms with E-state index in [2.05, 4.69) is 10.7 Å². The Morgan fingerprint density at radius 2 is 1.62 bits per heavy atom. The van der Waals surface area contributed by atoms with Crippen molar-refractivity contribution in [1.82, 2.24) is 0 Å². The van der Waals surface area contributed by atoms with Crippen LogP contribution in [0.4, 0.5) is 4.79 Å². The van der Waals surface area contributed by atoms with Gasteiger partial charge in [-0.05, 0) is 0 Å². The third kappa shape index (κ3) is 8.90. The summed E-state index contributed by atoms with van der Waals surface area (Å²) in [5, 5.41) is 0. The highest BCUT2D eigenvalue weighted by molar-refractivity contribution is 5.89. The molecular formula is C2H7ClN4O. The van der Waals surface area contributed by atoms with Crippen molar-refractivity contribution in [3.8, 4) is 0 Å². The molecule has 0 unspecified atom stereocenters. The molecule has 0 aliphatic carbocycles. The summed E-state index contributed by atoms with van der Waals surface area (Å²) in [6.45, 7) is 0. The summed E-state index contributed by atoms with van der Waals surface area (Å²) in [6, 6.07) is -0.875. The molecule has 5 nitrogen and oxygen atoms in total. The number of nitrogens with two attached hydrogens (primary N) is 3. The Labute approximate surface area is 52.3 Å². The lowest BCUT2D eigenvalue weighted by molar-refractivity contribution is 0.256. The number of hydrogen-bond donors (Lipinski definition) is 3. The first kappa shape index (κ1) is 10.1. The van der Waals surface area contributed by atoms with Crippen LogP contribution in [0.1, 0.15) is 0 Å². The van der Waals surface area contributed by atoms with Gasteiger partial charge in [0, 0.05) is 0 Å². The molecule has 0 atom stereocenters. The second-order valence-electron chi connectivity index (χ2n) is 0.875. The molecule has 0 aromatic carbocycles. The number of amides is 2. The Balaban J connectivity index is 0. The number of rotatable bonds is 0. The Hall–Kier alpha value is -0.970. The predicted molar refractivity (Wildman–Crippen MR) is 32.6 cm³/mol. The minimum absolute atomic E-state index is 0. The van der Waals surface area contributed by atoms with Gasteiger partial charge in [0.2, 0.25) is 0 Å². The highest BCUT2D eigenvalue weighted by atomic mass is 35.5. The maximum absolute atomic E-state index is 9.68. The summed E-state index contributed by atoms with van der Waals surface area (Å²) in [5.41, 5.74) is 13.9. The van der Waals surface area contributed by atoms with Crippen molar-refractivity contribution in [2.45, 2.75) is 0 Å². The van der Waals surface area contributed by atoms with Gasteiger partial charge in [0.25, 0.3) is 0 Å². The van der Waals surface area contributed by atoms with Crippen molar-refractivity contribution in [2.24, 2.45) is 22.2 Å². The monoisotopic (exact) mass is 142 g/mol. The molecular weight excluding hydrogens is 135 g/mol. The van der Waals surface area contributed by atoms with Gasteiger partial charge in [0.1, 0.15) is 0 Å². The maximum atomic E-state index is 9.68. The van der Waals surface area contributed by atoms with Gasteiger partial charge in [0.15, 0.2) is 5.96 Å². The van der Waals surface area contributed by atoms with Crippen LogP contribution in [0.2, 0.25) is 0 Å². The van der Waals surface area contributed by atoms with Crippen LogP contribution in [0.15, 0.2) is 4.99 Å². The number of primary amides is 1. The van der Waals surface area contributed by atoms with Crippen molar-refractivity contribution in [1.29, 1.82) is 0 Å². The van der Waals surface area contributed by atoms with Gasteiger partial charge in [0.05, 0.1) is 0 Å². The average molecular weight is 143 g/mol. The van der Waals surface area contributed by atoms with E-state index >= 15 is 0 Å². The van der Waals surface area contributed by atoms with Crippen LogP contribution < -0.4 is 17.2 Å². The van der Waals surface area contributed by atoms with E-state index in [1.54, 1.807) is 0 Å². The molecule has 0 heterocycles. The van der Waals surface area contributed by atoms with Gasteiger partial charge < -0.3 is 17.2 Å². The van der Waals surface area contributed by atoms with Crippen molar-refractivity contribution in [3.63, 3.8) is 0 Å². The van der Waals surface area contributed by atoms with E-state index < -0.39 is 6.03 Å². The largest absolute Gasteiger partial charge is 0.370 e. The second-order valence-corrected chi connectivity index (χ2v) is 0.875. The molecule has 8 heavy (non-hydrogen) atoms. The number of aliphatic imine (C=N–C) groups is 1. The number of guanidine groups is 1. The molecule has 0 aromatic heterocycles.